The number of benzene rings is 1. The maximum atomic E-state index is 9.39. The lowest BCUT2D eigenvalue weighted by atomic mass is 9.99. The third-order valence-electron chi connectivity index (χ3n) is 2.19. The number of phenolic OH excluding ortho intramolecular Hbond substituents is 1. The molecule has 66 valence electrons. The molecule has 12 heavy (non-hydrogen) atoms. The third kappa shape index (κ3) is 1.59. The maximum absolute atomic E-state index is 9.39. The van der Waals surface area contributed by atoms with Crippen molar-refractivity contribution >= 4 is 0 Å². The fraction of sp³-hybridized carbons (Fsp3) is 0.400. The molecule has 1 aromatic rings. The van der Waals surface area contributed by atoms with Crippen molar-refractivity contribution in [2.75, 3.05) is 0 Å². The lowest BCUT2D eigenvalue weighted by molar-refractivity contribution is 0.468. The predicted octanol–water partition coefficient (Wildman–Crippen LogP) is 2.11. The van der Waals surface area contributed by atoms with E-state index in [1.165, 1.54) is 0 Å². The molecule has 0 aliphatic carbocycles. The second kappa shape index (κ2) is 3.59. The van der Waals surface area contributed by atoms with Crippen molar-refractivity contribution in [3.05, 3.63) is 29.3 Å². The van der Waals surface area contributed by atoms with Gasteiger partial charge < -0.3 is 10.8 Å². The van der Waals surface area contributed by atoms with Gasteiger partial charge in [-0.2, -0.15) is 0 Å². The maximum Gasteiger partial charge on any atom is 0.118 e. The molecule has 1 atom stereocenters. The van der Waals surface area contributed by atoms with E-state index in [2.05, 4.69) is 0 Å². The summed E-state index contributed by atoms with van der Waals surface area (Å²) in [6, 6.07) is 5.51. The van der Waals surface area contributed by atoms with E-state index in [-0.39, 0.29) is 6.04 Å². The van der Waals surface area contributed by atoms with Crippen molar-refractivity contribution in [3.63, 3.8) is 0 Å². The molecule has 0 aromatic heterocycles. The van der Waals surface area contributed by atoms with Crippen LogP contribution < -0.4 is 5.73 Å². The minimum absolute atomic E-state index is 0.0390. The highest BCUT2D eigenvalue weighted by Crippen LogP contribution is 2.24. The minimum Gasteiger partial charge on any atom is -0.508 e. The van der Waals surface area contributed by atoms with Gasteiger partial charge in [-0.05, 0) is 30.5 Å². The largest absolute Gasteiger partial charge is 0.508 e. The fourth-order valence-electron chi connectivity index (χ4n) is 1.26. The first-order valence-corrected chi connectivity index (χ1v) is 4.20. The number of hydrogen-bond donors (Lipinski definition) is 2. The fourth-order valence-corrected chi connectivity index (χ4v) is 1.26. The second-order valence-corrected chi connectivity index (χ2v) is 3.01. The van der Waals surface area contributed by atoms with Crippen LogP contribution in [0.2, 0.25) is 0 Å². The zero-order chi connectivity index (χ0) is 9.14. The minimum atomic E-state index is 0.0390. The van der Waals surface area contributed by atoms with Crippen molar-refractivity contribution in [2.45, 2.75) is 26.3 Å². The molecule has 3 N–H and O–H groups in total. The van der Waals surface area contributed by atoms with Crippen LogP contribution in [0.4, 0.5) is 0 Å². The first-order valence-electron chi connectivity index (χ1n) is 4.20. The van der Waals surface area contributed by atoms with Crippen LogP contribution in [-0.2, 0) is 0 Å². The summed E-state index contributed by atoms with van der Waals surface area (Å²) < 4.78 is 0. The third-order valence-corrected chi connectivity index (χ3v) is 2.19. The molecule has 0 unspecified atom stereocenters. The molecule has 2 nitrogen and oxygen atoms in total. The van der Waals surface area contributed by atoms with Crippen molar-refractivity contribution < 1.29 is 5.11 Å². The lowest BCUT2D eigenvalue weighted by Crippen LogP contribution is -2.09. The van der Waals surface area contributed by atoms with E-state index >= 15 is 0 Å². The van der Waals surface area contributed by atoms with Crippen LogP contribution in [0.1, 0.15) is 30.5 Å². The number of hydrogen-bond acceptors (Lipinski definition) is 2. The van der Waals surface area contributed by atoms with E-state index in [0.29, 0.717) is 5.75 Å². The molecule has 2 heteroatoms. The van der Waals surface area contributed by atoms with E-state index < -0.39 is 0 Å². The van der Waals surface area contributed by atoms with Crippen LogP contribution in [-0.4, -0.2) is 5.11 Å². The zero-order valence-corrected chi connectivity index (χ0v) is 7.54. The van der Waals surface area contributed by atoms with Crippen molar-refractivity contribution in [1.82, 2.24) is 0 Å². The highest BCUT2D eigenvalue weighted by Gasteiger charge is 2.08. The molecule has 0 amide bonds. The van der Waals surface area contributed by atoms with Gasteiger partial charge in [0.1, 0.15) is 5.75 Å². The smallest absolute Gasteiger partial charge is 0.118 e. The van der Waals surface area contributed by atoms with Gasteiger partial charge in [0.2, 0.25) is 0 Å². The summed E-state index contributed by atoms with van der Waals surface area (Å²) in [5.41, 5.74) is 7.79. The van der Waals surface area contributed by atoms with Gasteiger partial charge in [0.25, 0.3) is 0 Å². The molecule has 0 aliphatic rings. The molecule has 0 heterocycles. The Morgan fingerprint density at radius 3 is 2.75 bits per heavy atom. The average Bonchev–Trinajstić information content (AvgIpc) is 2.08. The highest BCUT2D eigenvalue weighted by molar-refractivity contribution is 5.39. The van der Waals surface area contributed by atoms with Crippen LogP contribution in [0.25, 0.3) is 0 Å². The monoisotopic (exact) mass is 165 g/mol. The summed E-state index contributed by atoms with van der Waals surface area (Å²) in [7, 11) is 0. The van der Waals surface area contributed by atoms with Gasteiger partial charge in [0.15, 0.2) is 0 Å². The van der Waals surface area contributed by atoms with Crippen LogP contribution >= 0.6 is 0 Å². The Hall–Kier alpha value is -1.02. The van der Waals surface area contributed by atoms with Crippen LogP contribution in [0.5, 0.6) is 5.75 Å². The van der Waals surface area contributed by atoms with Gasteiger partial charge in [-0.1, -0.05) is 19.1 Å². The van der Waals surface area contributed by atoms with E-state index in [1.54, 1.807) is 6.07 Å². The summed E-state index contributed by atoms with van der Waals surface area (Å²) >= 11 is 0. The number of rotatable bonds is 2. The Balaban J connectivity index is 3.07. The Morgan fingerprint density at radius 2 is 2.17 bits per heavy atom. The molecular weight excluding hydrogens is 150 g/mol. The molecule has 0 aliphatic heterocycles. The van der Waals surface area contributed by atoms with Gasteiger partial charge in [-0.3, -0.25) is 0 Å². The van der Waals surface area contributed by atoms with E-state index in [9.17, 15) is 5.11 Å². The summed E-state index contributed by atoms with van der Waals surface area (Å²) in [4.78, 5) is 0. The van der Waals surface area contributed by atoms with Gasteiger partial charge in [-0.15, -0.1) is 0 Å². The zero-order valence-electron chi connectivity index (χ0n) is 7.54. The molecule has 1 rings (SSSR count). The molecule has 0 radical (unpaired) electrons. The van der Waals surface area contributed by atoms with Gasteiger partial charge >= 0.3 is 0 Å². The van der Waals surface area contributed by atoms with Crippen LogP contribution in [0.15, 0.2) is 18.2 Å². The molecule has 0 saturated carbocycles. The Bertz CT molecular complexity index is 271. The summed E-state index contributed by atoms with van der Waals surface area (Å²) in [6.45, 7) is 3.92. The van der Waals surface area contributed by atoms with Crippen molar-refractivity contribution in [3.8, 4) is 5.75 Å². The Morgan fingerprint density at radius 1 is 1.50 bits per heavy atom. The topological polar surface area (TPSA) is 46.2 Å². The van der Waals surface area contributed by atoms with Gasteiger partial charge in [0.05, 0.1) is 0 Å². The molecule has 0 spiro atoms. The first-order chi connectivity index (χ1) is 5.66. The van der Waals surface area contributed by atoms with Crippen LogP contribution in [0.3, 0.4) is 0 Å². The van der Waals surface area contributed by atoms with Gasteiger partial charge in [-0.25, -0.2) is 0 Å². The molecule has 0 saturated heterocycles. The normalized spacial score (nSPS) is 12.9. The Kier molecular flexibility index (Phi) is 2.71. The SMILES string of the molecule is CC[C@H](N)c1cccc(O)c1C. The summed E-state index contributed by atoms with van der Waals surface area (Å²) in [5.74, 6) is 0.330. The number of aromatic hydroxyl groups is 1. The lowest BCUT2D eigenvalue weighted by Gasteiger charge is -2.12. The summed E-state index contributed by atoms with van der Waals surface area (Å²) in [6.07, 6.45) is 0.893. The average molecular weight is 165 g/mol. The first kappa shape index (κ1) is 9.07. The van der Waals surface area contributed by atoms with Crippen LogP contribution in [0, 0.1) is 6.92 Å². The van der Waals surface area contributed by atoms with E-state index in [4.69, 9.17) is 5.73 Å². The van der Waals surface area contributed by atoms with E-state index in [1.807, 2.05) is 26.0 Å². The quantitative estimate of drug-likeness (QED) is 0.705. The number of phenols is 1. The number of nitrogens with two attached hydrogens (primary N) is 1. The molecule has 0 fully saturated rings. The van der Waals surface area contributed by atoms with Crippen molar-refractivity contribution in [2.24, 2.45) is 5.73 Å². The Labute approximate surface area is 73.0 Å². The van der Waals surface area contributed by atoms with Crippen molar-refractivity contribution in [1.29, 1.82) is 0 Å². The molecule has 0 bridgehead atoms. The standard InChI is InChI=1S/C10H15NO/c1-3-9(11)8-5-4-6-10(12)7(8)2/h4-6,9,12H,3,11H2,1-2H3/t9-/m0/s1. The highest BCUT2D eigenvalue weighted by atomic mass is 16.3. The van der Waals surface area contributed by atoms with Gasteiger partial charge in [0, 0.05) is 6.04 Å². The van der Waals surface area contributed by atoms with E-state index in [0.717, 1.165) is 17.5 Å². The molecular formula is C10H15NO. The summed E-state index contributed by atoms with van der Waals surface area (Å²) in [5, 5.41) is 9.39. The molecule has 1 aromatic carbocycles. The second-order valence-electron chi connectivity index (χ2n) is 3.01. The predicted molar refractivity (Wildman–Crippen MR) is 50.1 cm³/mol.